The van der Waals surface area contributed by atoms with E-state index in [-0.39, 0.29) is 17.0 Å². The molecule has 2 fully saturated rings. The molecular weight excluding hydrogens is 405 g/mol. The monoisotopic (exact) mass is 429 g/mol. The summed E-state index contributed by atoms with van der Waals surface area (Å²) in [6, 6.07) is 10.6. The van der Waals surface area contributed by atoms with Crippen LogP contribution in [-0.2, 0) is 12.0 Å². The highest BCUT2D eigenvalue weighted by Crippen LogP contribution is 2.37. The van der Waals surface area contributed by atoms with Gasteiger partial charge in [0.1, 0.15) is 11.4 Å². The number of nitrogens with zero attached hydrogens (tertiary/aromatic N) is 2. The number of aliphatic hydroxyl groups is 1. The van der Waals surface area contributed by atoms with Gasteiger partial charge in [0, 0.05) is 50.0 Å². The molecule has 3 aliphatic heterocycles. The van der Waals surface area contributed by atoms with Crippen LogP contribution in [0, 0.1) is 5.82 Å². The molecule has 158 valence electrons. The number of piperidine rings is 1. The average molecular weight is 430 g/mol. The molecule has 0 aromatic heterocycles. The van der Waals surface area contributed by atoms with E-state index in [9.17, 15) is 14.3 Å². The van der Waals surface area contributed by atoms with E-state index < -0.39 is 11.4 Å². The predicted octanol–water partition coefficient (Wildman–Crippen LogP) is 3.26. The van der Waals surface area contributed by atoms with Gasteiger partial charge in [-0.25, -0.2) is 4.39 Å². The molecule has 2 saturated heterocycles. The molecule has 3 heterocycles. The fourth-order valence-corrected chi connectivity index (χ4v) is 5.30. The Hall–Kier alpha value is -2.15. The third kappa shape index (κ3) is 3.37. The summed E-state index contributed by atoms with van der Waals surface area (Å²) >= 11 is 5.94. The van der Waals surface area contributed by atoms with Crippen molar-refractivity contribution in [3.8, 4) is 0 Å². The van der Waals surface area contributed by atoms with Crippen LogP contribution >= 0.6 is 11.6 Å². The topological polar surface area (TPSA) is 55.8 Å². The molecule has 0 radical (unpaired) electrons. The van der Waals surface area contributed by atoms with E-state index in [1.54, 1.807) is 6.07 Å². The number of fused-ring (bicyclic) bond motifs is 2. The van der Waals surface area contributed by atoms with Gasteiger partial charge in [0.25, 0.3) is 5.91 Å². The summed E-state index contributed by atoms with van der Waals surface area (Å²) in [4.78, 5) is 17.4. The summed E-state index contributed by atoms with van der Waals surface area (Å²) in [5, 5.41) is 14.6. The number of carbonyl (C=O) groups excluding carboxylic acids is 1. The van der Waals surface area contributed by atoms with Crippen LogP contribution in [0.2, 0.25) is 5.02 Å². The Labute approximate surface area is 180 Å². The highest BCUT2D eigenvalue weighted by molar-refractivity contribution is 6.30. The molecule has 2 atom stereocenters. The molecule has 2 N–H and O–H groups in total. The maximum Gasteiger partial charge on any atom is 0.254 e. The third-order valence-electron chi connectivity index (χ3n) is 6.80. The van der Waals surface area contributed by atoms with Crippen LogP contribution in [0.1, 0.15) is 34.3 Å². The first-order valence-electron chi connectivity index (χ1n) is 10.5. The first-order chi connectivity index (χ1) is 14.4. The lowest BCUT2D eigenvalue weighted by Crippen LogP contribution is -2.60. The van der Waals surface area contributed by atoms with Crippen LogP contribution < -0.4 is 5.32 Å². The lowest BCUT2D eigenvalue weighted by atomic mass is 9.82. The van der Waals surface area contributed by atoms with Crippen molar-refractivity contribution in [1.82, 2.24) is 9.80 Å². The molecule has 0 spiro atoms. The summed E-state index contributed by atoms with van der Waals surface area (Å²) in [6.45, 7) is 3.35. The second-order valence-corrected chi connectivity index (χ2v) is 8.99. The quantitative estimate of drug-likeness (QED) is 0.769. The van der Waals surface area contributed by atoms with Gasteiger partial charge in [0.05, 0.1) is 5.02 Å². The van der Waals surface area contributed by atoms with E-state index in [1.807, 2.05) is 23.1 Å². The summed E-state index contributed by atoms with van der Waals surface area (Å²) in [5.41, 5.74) is 2.60. The average Bonchev–Trinajstić information content (AvgIpc) is 3.24. The van der Waals surface area contributed by atoms with Gasteiger partial charge in [-0.05, 0) is 54.7 Å². The van der Waals surface area contributed by atoms with Crippen LogP contribution in [0.25, 0.3) is 0 Å². The third-order valence-corrected chi connectivity index (χ3v) is 7.09. The van der Waals surface area contributed by atoms with E-state index in [2.05, 4.69) is 10.2 Å². The van der Waals surface area contributed by atoms with Crippen LogP contribution in [0.3, 0.4) is 0 Å². The van der Waals surface area contributed by atoms with Crippen LogP contribution in [0.5, 0.6) is 0 Å². The van der Waals surface area contributed by atoms with Crippen molar-refractivity contribution in [2.45, 2.75) is 30.9 Å². The lowest BCUT2D eigenvalue weighted by Gasteiger charge is -2.49. The normalized spacial score (nSPS) is 26.1. The summed E-state index contributed by atoms with van der Waals surface area (Å²) in [5.74, 6) is -0.381. The number of piperazine rings is 1. The number of rotatable bonds is 2. The van der Waals surface area contributed by atoms with Gasteiger partial charge in [0.2, 0.25) is 0 Å². The molecule has 5 nitrogen and oxygen atoms in total. The SMILES string of the molecule is O=C(c1cccc2c1CCN2)N1CCN2C[C@@](O)(c3ccc(F)c(Cl)c3)CC[C@@H]2C1. The summed E-state index contributed by atoms with van der Waals surface area (Å²) < 4.78 is 13.5. The molecule has 1 amide bonds. The molecule has 2 aromatic rings. The van der Waals surface area contributed by atoms with Gasteiger partial charge in [0.15, 0.2) is 0 Å². The molecule has 5 rings (SSSR count). The molecule has 30 heavy (non-hydrogen) atoms. The fraction of sp³-hybridized carbons (Fsp3) is 0.435. The van der Waals surface area contributed by atoms with Crippen molar-refractivity contribution in [2.75, 3.05) is 38.0 Å². The summed E-state index contributed by atoms with van der Waals surface area (Å²) in [7, 11) is 0. The first kappa shape index (κ1) is 19.8. The number of anilines is 1. The maximum absolute atomic E-state index is 13.5. The number of benzene rings is 2. The minimum absolute atomic E-state index is 0.0309. The summed E-state index contributed by atoms with van der Waals surface area (Å²) in [6.07, 6.45) is 2.21. The van der Waals surface area contributed by atoms with Crippen molar-refractivity contribution < 1.29 is 14.3 Å². The van der Waals surface area contributed by atoms with Crippen molar-refractivity contribution >= 4 is 23.2 Å². The van der Waals surface area contributed by atoms with E-state index in [1.165, 1.54) is 12.1 Å². The maximum atomic E-state index is 13.5. The minimum atomic E-state index is -1.05. The Morgan fingerprint density at radius 2 is 2.13 bits per heavy atom. The van der Waals surface area contributed by atoms with E-state index in [0.717, 1.165) is 36.2 Å². The second kappa shape index (κ2) is 7.52. The van der Waals surface area contributed by atoms with E-state index >= 15 is 0 Å². The lowest BCUT2D eigenvalue weighted by molar-refractivity contribution is -0.0740. The Balaban J connectivity index is 1.30. The second-order valence-electron chi connectivity index (χ2n) is 8.58. The number of hydrogen-bond donors (Lipinski definition) is 2. The number of amides is 1. The number of carbonyl (C=O) groups is 1. The predicted molar refractivity (Wildman–Crippen MR) is 114 cm³/mol. The van der Waals surface area contributed by atoms with Gasteiger partial charge in [-0.2, -0.15) is 0 Å². The highest BCUT2D eigenvalue weighted by atomic mass is 35.5. The largest absolute Gasteiger partial charge is 0.384 e. The molecule has 0 saturated carbocycles. The van der Waals surface area contributed by atoms with Gasteiger partial charge in [-0.1, -0.05) is 23.7 Å². The number of nitrogens with one attached hydrogen (secondary N) is 1. The zero-order chi connectivity index (χ0) is 20.9. The number of hydrogen-bond acceptors (Lipinski definition) is 4. The zero-order valence-corrected chi connectivity index (χ0v) is 17.5. The number of halogens is 2. The molecule has 7 heteroatoms. The van der Waals surface area contributed by atoms with Crippen molar-refractivity contribution in [2.24, 2.45) is 0 Å². The fourth-order valence-electron chi connectivity index (χ4n) is 5.12. The Kier molecular flexibility index (Phi) is 4.96. The minimum Gasteiger partial charge on any atom is -0.384 e. The van der Waals surface area contributed by atoms with Gasteiger partial charge in [-0.15, -0.1) is 0 Å². The molecule has 0 unspecified atom stereocenters. The van der Waals surface area contributed by atoms with Gasteiger partial charge < -0.3 is 15.3 Å². The zero-order valence-electron chi connectivity index (χ0n) is 16.7. The standard InChI is InChI=1S/C23H25ClFN3O2/c24-19-12-15(4-5-20(19)25)23(30)8-6-16-13-27(10-11-28(16)14-23)22(29)18-2-1-3-21-17(18)7-9-26-21/h1-5,12,16,26,30H,6-11,13-14H2/t16-,23-/m1/s1. The first-order valence-corrected chi connectivity index (χ1v) is 10.9. The van der Waals surface area contributed by atoms with Crippen molar-refractivity contribution in [3.05, 3.63) is 63.9 Å². The van der Waals surface area contributed by atoms with Crippen LogP contribution in [0.4, 0.5) is 10.1 Å². The molecule has 2 aromatic carbocycles. The highest BCUT2D eigenvalue weighted by Gasteiger charge is 2.42. The van der Waals surface area contributed by atoms with E-state index in [0.29, 0.717) is 38.2 Å². The van der Waals surface area contributed by atoms with Gasteiger partial charge in [-0.3, -0.25) is 9.69 Å². The Morgan fingerprint density at radius 1 is 1.27 bits per heavy atom. The molecule has 0 bridgehead atoms. The molecule has 3 aliphatic rings. The Bertz CT molecular complexity index is 1000. The van der Waals surface area contributed by atoms with Crippen LogP contribution in [-0.4, -0.2) is 59.6 Å². The van der Waals surface area contributed by atoms with Gasteiger partial charge >= 0.3 is 0 Å². The smallest absolute Gasteiger partial charge is 0.254 e. The van der Waals surface area contributed by atoms with Crippen LogP contribution in [0.15, 0.2) is 36.4 Å². The van der Waals surface area contributed by atoms with Crippen molar-refractivity contribution in [3.63, 3.8) is 0 Å². The Morgan fingerprint density at radius 3 is 2.97 bits per heavy atom. The van der Waals surface area contributed by atoms with Crippen molar-refractivity contribution in [1.29, 1.82) is 0 Å². The molecular formula is C23H25ClFN3O2. The van der Waals surface area contributed by atoms with E-state index in [4.69, 9.17) is 11.6 Å². The molecule has 0 aliphatic carbocycles.